The lowest BCUT2D eigenvalue weighted by Crippen LogP contribution is -2.20. The fraction of sp³-hybridized carbons (Fsp3) is 0.0667. The number of ether oxygens (including phenoxy) is 2. The van der Waals surface area contributed by atoms with Gasteiger partial charge in [0.25, 0.3) is 11.5 Å². The van der Waals surface area contributed by atoms with Crippen molar-refractivity contribution in [1.82, 2.24) is 9.66 Å². The summed E-state index contributed by atoms with van der Waals surface area (Å²) in [5.41, 5.74) is 2.12. The van der Waals surface area contributed by atoms with E-state index < -0.39 is 11.7 Å². The fourth-order valence-electron chi connectivity index (χ4n) is 3.89. The molecule has 0 saturated carbocycles. The highest BCUT2D eigenvalue weighted by Gasteiger charge is 2.13. The van der Waals surface area contributed by atoms with Crippen molar-refractivity contribution in [1.29, 1.82) is 0 Å². The van der Waals surface area contributed by atoms with Crippen LogP contribution in [0.2, 0.25) is 0 Å². The van der Waals surface area contributed by atoms with E-state index in [1.54, 1.807) is 36.4 Å². The number of nitrogens with zero attached hydrogens (tertiary/aromatic N) is 3. The summed E-state index contributed by atoms with van der Waals surface area (Å²) < 4.78 is 25.4. The number of hydrogen-bond acceptors (Lipinski definition) is 6. The molecule has 0 aliphatic rings. The molecular weight excluding hydrogens is 499 g/mol. The van der Waals surface area contributed by atoms with E-state index in [-0.39, 0.29) is 12.2 Å². The molecule has 1 N–H and O–H groups in total. The molecule has 9 heteroatoms. The normalized spacial score (nSPS) is 11.0. The lowest BCUT2D eigenvalue weighted by Gasteiger charge is -2.12. The third-order valence-electron chi connectivity index (χ3n) is 5.78. The van der Waals surface area contributed by atoms with Gasteiger partial charge in [-0.15, -0.1) is 0 Å². The summed E-state index contributed by atoms with van der Waals surface area (Å²) in [6.07, 6.45) is 1.53. The van der Waals surface area contributed by atoms with Crippen molar-refractivity contribution < 1.29 is 18.7 Å². The number of fused-ring (bicyclic) bond motifs is 1. The van der Waals surface area contributed by atoms with Crippen molar-refractivity contribution in [2.75, 3.05) is 19.0 Å². The number of para-hydroxylation sites is 1. The molecule has 5 aromatic rings. The van der Waals surface area contributed by atoms with E-state index in [1.807, 2.05) is 36.4 Å². The van der Waals surface area contributed by atoms with Crippen molar-refractivity contribution in [3.63, 3.8) is 0 Å². The Morgan fingerprint density at radius 1 is 0.974 bits per heavy atom. The minimum absolute atomic E-state index is 0.278. The highest BCUT2D eigenvalue weighted by molar-refractivity contribution is 5.92. The zero-order valence-electron chi connectivity index (χ0n) is 20.9. The maximum atomic E-state index is 13.3. The van der Waals surface area contributed by atoms with Gasteiger partial charge in [0.15, 0.2) is 23.9 Å². The van der Waals surface area contributed by atoms with Gasteiger partial charge in [-0.2, -0.15) is 9.78 Å². The van der Waals surface area contributed by atoms with Crippen LogP contribution in [0.1, 0.15) is 5.56 Å². The van der Waals surface area contributed by atoms with E-state index in [2.05, 4.69) is 15.4 Å². The van der Waals surface area contributed by atoms with Gasteiger partial charge in [0.2, 0.25) is 0 Å². The van der Waals surface area contributed by atoms with Gasteiger partial charge in [-0.05, 0) is 60.2 Å². The van der Waals surface area contributed by atoms with Crippen LogP contribution in [-0.2, 0) is 4.79 Å². The van der Waals surface area contributed by atoms with E-state index in [0.717, 1.165) is 5.56 Å². The third kappa shape index (κ3) is 5.83. The van der Waals surface area contributed by atoms with Crippen LogP contribution in [0, 0.1) is 5.82 Å². The molecule has 0 saturated heterocycles. The Morgan fingerprint density at radius 2 is 1.72 bits per heavy atom. The van der Waals surface area contributed by atoms with Crippen LogP contribution in [0.4, 0.5) is 10.1 Å². The van der Waals surface area contributed by atoms with Crippen LogP contribution in [0.5, 0.6) is 11.5 Å². The molecule has 0 radical (unpaired) electrons. The first kappa shape index (κ1) is 25.3. The Balaban J connectivity index is 1.38. The van der Waals surface area contributed by atoms with Crippen LogP contribution in [0.15, 0.2) is 107 Å². The number of anilines is 1. The van der Waals surface area contributed by atoms with Gasteiger partial charge in [0.1, 0.15) is 5.82 Å². The van der Waals surface area contributed by atoms with Gasteiger partial charge < -0.3 is 14.8 Å². The van der Waals surface area contributed by atoms with Crippen LogP contribution >= 0.6 is 0 Å². The number of halogens is 1. The molecule has 1 aromatic heterocycles. The second-order valence-corrected chi connectivity index (χ2v) is 8.43. The monoisotopic (exact) mass is 522 g/mol. The summed E-state index contributed by atoms with van der Waals surface area (Å²) in [6, 6.07) is 27.0. The Hall–Kier alpha value is -5.31. The van der Waals surface area contributed by atoms with Crippen LogP contribution in [-0.4, -0.2) is 35.5 Å². The summed E-state index contributed by atoms with van der Waals surface area (Å²) in [5.74, 6) is 0.329. The molecule has 0 atom stereocenters. The van der Waals surface area contributed by atoms with E-state index in [9.17, 15) is 14.0 Å². The zero-order valence-corrected chi connectivity index (χ0v) is 20.9. The molecule has 0 aliphatic heterocycles. The van der Waals surface area contributed by atoms with Crippen LogP contribution < -0.4 is 20.3 Å². The Labute approximate surface area is 223 Å². The van der Waals surface area contributed by atoms with E-state index in [0.29, 0.717) is 39.5 Å². The predicted molar refractivity (Wildman–Crippen MR) is 148 cm³/mol. The maximum absolute atomic E-state index is 13.3. The number of carbonyl (C=O) groups excluding carboxylic acids is 1. The molecule has 1 amide bonds. The van der Waals surface area contributed by atoms with E-state index in [1.165, 1.54) is 42.3 Å². The van der Waals surface area contributed by atoms with Gasteiger partial charge in [-0.1, -0.05) is 42.5 Å². The highest BCUT2D eigenvalue weighted by atomic mass is 19.1. The average Bonchev–Trinajstić information content (AvgIpc) is 2.97. The van der Waals surface area contributed by atoms with Gasteiger partial charge in [0.05, 0.1) is 24.2 Å². The summed E-state index contributed by atoms with van der Waals surface area (Å²) in [6.45, 7) is -0.278. The van der Waals surface area contributed by atoms with Crippen molar-refractivity contribution in [3.8, 4) is 22.9 Å². The van der Waals surface area contributed by atoms with Crippen LogP contribution in [0.25, 0.3) is 22.3 Å². The smallest absolute Gasteiger partial charge is 0.282 e. The minimum Gasteiger partial charge on any atom is -0.493 e. The zero-order chi connectivity index (χ0) is 27.2. The molecule has 4 aromatic carbocycles. The number of carbonyl (C=O) groups is 1. The largest absolute Gasteiger partial charge is 0.493 e. The average molecular weight is 523 g/mol. The molecular formula is C30H23FN4O4. The standard InChI is InChI=1S/C30H23FN4O4/c1-38-27-17-20(11-16-26(27)39-19-28(36)33-23-14-12-22(31)13-15-23)18-32-35-29(21-7-3-2-4-8-21)34-25-10-6-5-9-24(25)30(35)37/h2-18H,19H2,1H3,(H,33,36). The summed E-state index contributed by atoms with van der Waals surface area (Å²) >= 11 is 0. The van der Waals surface area contributed by atoms with Gasteiger partial charge in [0, 0.05) is 11.3 Å². The lowest BCUT2D eigenvalue weighted by molar-refractivity contribution is -0.118. The first-order valence-corrected chi connectivity index (χ1v) is 12.0. The van der Waals surface area contributed by atoms with Crippen molar-refractivity contribution in [2.45, 2.75) is 0 Å². The number of aromatic nitrogens is 2. The molecule has 0 spiro atoms. The predicted octanol–water partition coefficient (Wildman–Crippen LogP) is 5.11. The lowest BCUT2D eigenvalue weighted by atomic mass is 10.2. The summed E-state index contributed by atoms with van der Waals surface area (Å²) in [7, 11) is 1.48. The number of nitrogens with one attached hydrogen (secondary N) is 1. The first-order valence-electron chi connectivity index (χ1n) is 12.0. The molecule has 0 bridgehead atoms. The number of rotatable bonds is 8. The third-order valence-corrected chi connectivity index (χ3v) is 5.78. The molecule has 8 nitrogen and oxygen atoms in total. The molecule has 194 valence electrons. The molecule has 0 fully saturated rings. The number of methoxy groups -OCH3 is 1. The first-order chi connectivity index (χ1) is 19.0. The van der Waals surface area contributed by atoms with Crippen molar-refractivity contribution in [3.05, 3.63) is 119 Å². The quantitative estimate of drug-likeness (QED) is 0.286. The fourth-order valence-corrected chi connectivity index (χ4v) is 3.89. The second-order valence-electron chi connectivity index (χ2n) is 8.43. The topological polar surface area (TPSA) is 94.8 Å². The minimum atomic E-state index is -0.411. The highest BCUT2D eigenvalue weighted by Crippen LogP contribution is 2.28. The van der Waals surface area contributed by atoms with Gasteiger partial charge >= 0.3 is 0 Å². The van der Waals surface area contributed by atoms with E-state index in [4.69, 9.17) is 9.47 Å². The summed E-state index contributed by atoms with van der Waals surface area (Å²) in [5, 5.41) is 7.55. The molecule has 0 aliphatic carbocycles. The van der Waals surface area contributed by atoms with E-state index >= 15 is 0 Å². The molecule has 0 unspecified atom stereocenters. The Morgan fingerprint density at radius 3 is 2.49 bits per heavy atom. The number of amides is 1. The van der Waals surface area contributed by atoms with Crippen molar-refractivity contribution in [2.24, 2.45) is 5.10 Å². The molecule has 5 rings (SSSR count). The number of hydrogen-bond donors (Lipinski definition) is 1. The molecule has 39 heavy (non-hydrogen) atoms. The second kappa shape index (κ2) is 11.4. The van der Waals surface area contributed by atoms with Gasteiger partial charge in [-0.3, -0.25) is 9.59 Å². The summed E-state index contributed by atoms with van der Waals surface area (Å²) in [4.78, 5) is 30.3. The van der Waals surface area contributed by atoms with Crippen LogP contribution in [0.3, 0.4) is 0 Å². The maximum Gasteiger partial charge on any atom is 0.282 e. The van der Waals surface area contributed by atoms with Gasteiger partial charge in [-0.25, -0.2) is 9.37 Å². The SMILES string of the molecule is COc1cc(C=Nn2c(-c3ccccc3)nc3ccccc3c2=O)ccc1OCC(=O)Nc1ccc(F)cc1. The number of benzene rings is 4. The Kier molecular flexibility index (Phi) is 7.40. The Bertz CT molecular complexity index is 1720. The van der Waals surface area contributed by atoms with Crippen molar-refractivity contribution >= 4 is 28.7 Å². The molecule has 1 heterocycles.